The van der Waals surface area contributed by atoms with Crippen molar-refractivity contribution in [3.63, 3.8) is 0 Å². The Balaban J connectivity index is 1.99. The van der Waals surface area contributed by atoms with Gasteiger partial charge in [-0.1, -0.05) is 23.8 Å². The molecule has 0 aliphatic carbocycles. The first kappa shape index (κ1) is 12.4. The number of hydrogen-bond donors (Lipinski definition) is 1. The molecule has 0 atom stereocenters. The zero-order chi connectivity index (χ0) is 13.4. The molecular weight excluding hydrogens is 282 g/mol. The van der Waals surface area contributed by atoms with Gasteiger partial charge in [0.1, 0.15) is 11.3 Å². The summed E-state index contributed by atoms with van der Waals surface area (Å²) in [7, 11) is 0. The fourth-order valence-electron chi connectivity index (χ4n) is 2.25. The number of benzene rings is 1. The molecule has 0 radical (unpaired) electrons. The molecule has 7 heteroatoms. The van der Waals surface area contributed by atoms with Crippen molar-refractivity contribution in [2.45, 2.75) is 13.1 Å². The van der Waals surface area contributed by atoms with Gasteiger partial charge in [-0.3, -0.25) is 0 Å². The van der Waals surface area contributed by atoms with Crippen molar-refractivity contribution in [1.29, 1.82) is 0 Å². The molecule has 19 heavy (non-hydrogen) atoms. The molecule has 0 fully saturated rings. The maximum Gasteiger partial charge on any atom is 0.152 e. The van der Waals surface area contributed by atoms with Gasteiger partial charge in [0.25, 0.3) is 0 Å². The van der Waals surface area contributed by atoms with Crippen LogP contribution in [0.5, 0.6) is 0 Å². The van der Waals surface area contributed by atoms with Gasteiger partial charge in [-0.2, -0.15) is 0 Å². The lowest BCUT2D eigenvalue weighted by Gasteiger charge is -2.30. The molecule has 2 aromatic rings. The van der Waals surface area contributed by atoms with Gasteiger partial charge in [-0.15, -0.1) is 10.2 Å². The smallest absolute Gasteiger partial charge is 0.152 e. The number of halogens is 1. The molecule has 0 bridgehead atoms. The minimum absolute atomic E-state index is 0.374. The highest BCUT2D eigenvalue weighted by atomic mass is 35.5. The van der Waals surface area contributed by atoms with E-state index in [1.807, 2.05) is 16.7 Å². The number of nitrogens with two attached hydrogens (primary N) is 1. The van der Waals surface area contributed by atoms with Crippen LogP contribution in [0.25, 0.3) is 0 Å². The van der Waals surface area contributed by atoms with Crippen LogP contribution in [0.4, 0.5) is 5.69 Å². The molecule has 0 saturated carbocycles. The van der Waals surface area contributed by atoms with Gasteiger partial charge < -0.3 is 15.2 Å². The monoisotopic (exact) mass is 293 g/mol. The van der Waals surface area contributed by atoms with Crippen molar-refractivity contribution in [1.82, 2.24) is 14.8 Å². The van der Waals surface area contributed by atoms with Gasteiger partial charge in [0.2, 0.25) is 0 Å². The van der Waals surface area contributed by atoms with Crippen LogP contribution in [0.3, 0.4) is 0 Å². The Labute approximate surface area is 121 Å². The standard InChI is InChI=1S/C12H12ClN5S/c13-8-1-2-9(12(14)19)10(5-8)17-3-4-18-7-15-16-11(18)6-17/h1-2,5,7H,3-4,6H2,(H2,14,19). The van der Waals surface area contributed by atoms with Crippen LogP contribution in [0.15, 0.2) is 24.5 Å². The van der Waals surface area contributed by atoms with Crippen LogP contribution < -0.4 is 10.6 Å². The summed E-state index contributed by atoms with van der Waals surface area (Å²) >= 11 is 11.2. The van der Waals surface area contributed by atoms with Gasteiger partial charge >= 0.3 is 0 Å². The average molecular weight is 294 g/mol. The Bertz CT molecular complexity index is 639. The number of anilines is 1. The van der Waals surface area contributed by atoms with E-state index in [2.05, 4.69) is 15.1 Å². The molecule has 1 aliphatic rings. The summed E-state index contributed by atoms with van der Waals surface area (Å²) in [5.41, 5.74) is 7.57. The lowest BCUT2D eigenvalue weighted by Crippen LogP contribution is -2.35. The number of nitrogens with zero attached hydrogens (tertiary/aromatic N) is 4. The van der Waals surface area contributed by atoms with Gasteiger partial charge in [-0.25, -0.2) is 0 Å². The average Bonchev–Trinajstić information content (AvgIpc) is 2.85. The number of fused-ring (bicyclic) bond motifs is 1. The van der Waals surface area contributed by atoms with E-state index in [1.54, 1.807) is 12.4 Å². The maximum absolute atomic E-state index is 6.08. The normalized spacial score (nSPS) is 14.3. The lowest BCUT2D eigenvalue weighted by atomic mass is 10.1. The van der Waals surface area contributed by atoms with Crippen molar-refractivity contribution in [3.05, 3.63) is 40.9 Å². The molecule has 0 spiro atoms. The molecule has 2 N–H and O–H groups in total. The Hall–Kier alpha value is -1.66. The summed E-state index contributed by atoms with van der Waals surface area (Å²) in [5, 5.41) is 8.69. The van der Waals surface area contributed by atoms with Gasteiger partial charge in [0.05, 0.1) is 6.54 Å². The van der Waals surface area contributed by atoms with Crippen LogP contribution in [-0.2, 0) is 13.1 Å². The lowest BCUT2D eigenvalue weighted by molar-refractivity contribution is 0.560. The van der Waals surface area contributed by atoms with Crippen LogP contribution in [0.2, 0.25) is 5.02 Å². The molecule has 3 rings (SSSR count). The minimum Gasteiger partial charge on any atom is -0.389 e. The van der Waals surface area contributed by atoms with Crippen LogP contribution in [-0.4, -0.2) is 26.3 Å². The molecule has 1 aromatic carbocycles. The molecule has 98 valence electrons. The van der Waals surface area contributed by atoms with E-state index >= 15 is 0 Å². The SMILES string of the molecule is NC(=S)c1ccc(Cl)cc1N1CCn2cnnc2C1. The zero-order valence-corrected chi connectivity index (χ0v) is 11.7. The van der Waals surface area contributed by atoms with Crippen LogP contribution in [0.1, 0.15) is 11.4 Å². The Morgan fingerprint density at radius 3 is 3.00 bits per heavy atom. The van der Waals surface area contributed by atoms with E-state index in [4.69, 9.17) is 29.6 Å². The maximum atomic E-state index is 6.08. The van der Waals surface area contributed by atoms with Crippen molar-refractivity contribution in [3.8, 4) is 0 Å². The third-order valence-electron chi connectivity index (χ3n) is 3.20. The quantitative estimate of drug-likeness (QED) is 0.852. The highest BCUT2D eigenvalue weighted by molar-refractivity contribution is 7.80. The van der Waals surface area contributed by atoms with Crippen molar-refractivity contribution >= 4 is 34.5 Å². The van der Waals surface area contributed by atoms with E-state index in [1.165, 1.54) is 0 Å². The van der Waals surface area contributed by atoms with E-state index in [-0.39, 0.29) is 0 Å². The van der Waals surface area contributed by atoms with E-state index in [0.717, 1.165) is 30.2 Å². The molecule has 5 nitrogen and oxygen atoms in total. The predicted octanol–water partition coefficient (Wildman–Crippen LogP) is 1.59. The number of aromatic nitrogens is 3. The predicted molar refractivity (Wildman–Crippen MR) is 78.4 cm³/mol. The van der Waals surface area contributed by atoms with Gasteiger partial charge in [0, 0.05) is 29.4 Å². The van der Waals surface area contributed by atoms with E-state index in [0.29, 0.717) is 16.6 Å². The fourth-order valence-corrected chi connectivity index (χ4v) is 2.59. The topological polar surface area (TPSA) is 60.0 Å². The Morgan fingerprint density at radius 1 is 1.37 bits per heavy atom. The molecule has 1 aliphatic heterocycles. The second kappa shape index (κ2) is 4.79. The first-order chi connectivity index (χ1) is 9.15. The molecule has 0 unspecified atom stereocenters. The van der Waals surface area contributed by atoms with Crippen LogP contribution in [0, 0.1) is 0 Å². The summed E-state index contributed by atoms with van der Waals surface area (Å²) in [6.45, 7) is 2.36. The van der Waals surface area contributed by atoms with Crippen LogP contribution >= 0.6 is 23.8 Å². The first-order valence-corrected chi connectivity index (χ1v) is 6.65. The highest BCUT2D eigenvalue weighted by Gasteiger charge is 2.20. The van der Waals surface area contributed by atoms with E-state index < -0.39 is 0 Å². The first-order valence-electron chi connectivity index (χ1n) is 5.86. The summed E-state index contributed by atoms with van der Waals surface area (Å²) < 4.78 is 2.04. The van der Waals surface area contributed by atoms with Crippen molar-refractivity contribution < 1.29 is 0 Å². The third kappa shape index (κ3) is 2.29. The summed E-state index contributed by atoms with van der Waals surface area (Å²) in [4.78, 5) is 2.54. The second-order valence-electron chi connectivity index (χ2n) is 4.39. The number of rotatable bonds is 2. The largest absolute Gasteiger partial charge is 0.389 e. The number of hydrogen-bond acceptors (Lipinski definition) is 4. The molecular formula is C12H12ClN5S. The summed E-state index contributed by atoms with van der Waals surface area (Å²) in [5.74, 6) is 0.931. The van der Waals surface area contributed by atoms with Gasteiger partial charge in [0.15, 0.2) is 5.82 Å². The zero-order valence-electron chi connectivity index (χ0n) is 10.1. The second-order valence-corrected chi connectivity index (χ2v) is 5.26. The molecule has 0 amide bonds. The van der Waals surface area contributed by atoms with Gasteiger partial charge in [-0.05, 0) is 18.2 Å². The summed E-state index contributed by atoms with van der Waals surface area (Å²) in [6.07, 6.45) is 1.75. The number of thiocarbonyl (C=S) groups is 1. The van der Waals surface area contributed by atoms with Crippen molar-refractivity contribution in [2.75, 3.05) is 11.4 Å². The molecule has 0 saturated heterocycles. The third-order valence-corrected chi connectivity index (χ3v) is 3.66. The van der Waals surface area contributed by atoms with Crippen molar-refractivity contribution in [2.24, 2.45) is 5.73 Å². The minimum atomic E-state index is 0.374. The Kier molecular flexibility index (Phi) is 3.12. The Morgan fingerprint density at radius 2 is 2.21 bits per heavy atom. The molecule has 1 aromatic heterocycles. The fraction of sp³-hybridized carbons (Fsp3) is 0.250. The highest BCUT2D eigenvalue weighted by Crippen LogP contribution is 2.27. The summed E-state index contributed by atoms with van der Waals surface area (Å²) in [6, 6.07) is 5.55. The van der Waals surface area contributed by atoms with E-state index in [9.17, 15) is 0 Å². The molecule has 2 heterocycles.